The van der Waals surface area contributed by atoms with Crippen LogP contribution in [0.25, 0.3) is 0 Å². The minimum atomic E-state index is -3.14. The molecule has 9 heteroatoms. The highest BCUT2D eigenvalue weighted by Gasteiger charge is 2.36. The average molecular weight is 413 g/mol. The van der Waals surface area contributed by atoms with E-state index in [-0.39, 0.29) is 28.9 Å². The summed E-state index contributed by atoms with van der Waals surface area (Å²) in [5, 5.41) is 0. The molecule has 1 aliphatic heterocycles. The van der Waals surface area contributed by atoms with E-state index in [0.29, 0.717) is 18.6 Å². The van der Waals surface area contributed by atoms with Crippen molar-refractivity contribution < 1.29 is 32.2 Å². The van der Waals surface area contributed by atoms with Gasteiger partial charge in [0.1, 0.15) is 5.56 Å². The van der Waals surface area contributed by atoms with Gasteiger partial charge in [0.25, 0.3) is 5.91 Å². The van der Waals surface area contributed by atoms with E-state index < -0.39 is 34.4 Å². The minimum absolute atomic E-state index is 0.0548. The molecular weight excluding hydrogens is 386 g/mol. The molecule has 1 fully saturated rings. The molecule has 156 valence electrons. The zero-order valence-electron chi connectivity index (χ0n) is 16.6. The van der Waals surface area contributed by atoms with Gasteiger partial charge in [-0.3, -0.25) is 4.79 Å². The Morgan fingerprint density at radius 2 is 1.96 bits per heavy atom. The molecule has 1 amide bonds. The Morgan fingerprint density at radius 1 is 1.25 bits per heavy atom. The Hall–Kier alpha value is -2.29. The molecule has 0 aromatic heterocycles. The number of methoxy groups -OCH3 is 2. The molecule has 0 saturated carbocycles. The first kappa shape index (κ1) is 22.0. The first-order valence-corrected chi connectivity index (χ1v) is 11.0. The first-order chi connectivity index (χ1) is 13.2. The third kappa shape index (κ3) is 4.95. The van der Waals surface area contributed by atoms with Gasteiger partial charge >= 0.3 is 5.97 Å². The fourth-order valence-corrected chi connectivity index (χ4v) is 5.04. The van der Waals surface area contributed by atoms with Gasteiger partial charge in [0.05, 0.1) is 25.7 Å². The smallest absolute Gasteiger partial charge is 0.342 e. The van der Waals surface area contributed by atoms with E-state index in [1.54, 1.807) is 17.0 Å². The van der Waals surface area contributed by atoms with Crippen molar-refractivity contribution in [3.8, 4) is 11.5 Å². The number of sulfone groups is 1. The van der Waals surface area contributed by atoms with Crippen molar-refractivity contribution in [3.05, 3.63) is 23.8 Å². The Bertz CT molecular complexity index is 822. The second kappa shape index (κ2) is 9.27. The van der Waals surface area contributed by atoms with E-state index in [9.17, 15) is 18.0 Å². The lowest BCUT2D eigenvalue weighted by Crippen LogP contribution is -2.48. The Morgan fingerprint density at radius 3 is 2.50 bits per heavy atom. The van der Waals surface area contributed by atoms with Gasteiger partial charge in [-0.25, -0.2) is 13.2 Å². The Kier molecular flexibility index (Phi) is 7.29. The zero-order chi connectivity index (χ0) is 20.9. The van der Waals surface area contributed by atoms with Crippen LogP contribution in [0.15, 0.2) is 18.2 Å². The van der Waals surface area contributed by atoms with Crippen molar-refractivity contribution in [3.63, 3.8) is 0 Å². The molecule has 0 radical (unpaired) electrons. The molecular formula is C19H27NO7S. The maximum atomic E-state index is 12.8. The highest BCUT2D eigenvalue weighted by molar-refractivity contribution is 7.91. The molecule has 0 bridgehead atoms. The summed E-state index contributed by atoms with van der Waals surface area (Å²) in [6.07, 6.45) is 1.07. The molecule has 8 nitrogen and oxygen atoms in total. The van der Waals surface area contributed by atoms with Crippen molar-refractivity contribution in [2.75, 3.05) is 32.3 Å². The highest BCUT2D eigenvalue weighted by Crippen LogP contribution is 2.31. The number of ether oxygens (including phenoxy) is 3. The third-order valence-corrected chi connectivity index (χ3v) is 6.66. The van der Waals surface area contributed by atoms with Gasteiger partial charge in [-0.2, -0.15) is 0 Å². The molecule has 1 aromatic rings. The summed E-state index contributed by atoms with van der Waals surface area (Å²) in [6.45, 7) is 3.30. The lowest BCUT2D eigenvalue weighted by molar-refractivity contribution is -0.138. The van der Waals surface area contributed by atoms with Crippen LogP contribution in [0.1, 0.15) is 37.0 Å². The van der Waals surface area contributed by atoms with Crippen LogP contribution < -0.4 is 9.47 Å². The molecule has 2 rings (SSSR count). The van der Waals surface area contributed by atoms with Crippen molar-refractivity contribution in [2.24, 2.45) is 0 Å². The normalized spacial score (nSPS) is 18.9. The van der Waals surface area contributed by atoms with E-state index in [2.05, 4.69) is 0 Å². The summed E-state index contributed by atoms with van der Waals surface area (Å²) in [6, 6.07) is 4.23. The van der Waals surface area contributed by atoms with Crippen molar-refractivity contribution in [1.29, 1.82) is 0 Å². The van der Waals surface area contributed by atoms with Crippen molar-refractivity contribution in [1.82, 2.24) is 4.90 Å². The fourth-order valence-electron chi connectivity index (χ4n) is 3.33. The monoisotopic (exact) mass is 413 g/mol. The van der Waals surface area contributed by atoms with E-state index in [0.717, 1.165) is 0 Å². The lowest BCUT2D eigenvalue weighted by Gasteiger charge is -2.33. The zero-order valence-corrected chi connectivity index (χ0v) is 17.5. The number of carbonyl (C=O) groups excluding carboxylic acids is 2. The molecule has 0 spiro atoms. The number of benzene rings is 1. The van der Waals surface area contributed by atoms with E-state index in [1.165, 1.54) is 20.3 Å². The Balaban J connectivity index is 2.11. The van der Waals surface area contributed by atoms with E-state index >= 15 is 0 Å². The number of esters is 1. The topological polar surface area (TPSA) is 99.2 Å². The van der Waals surface area contributed by atoms with Gasteiger partial charge < -0.3 is 19.1 Å². The van der Waals surface area contributed by atoms with E-state index in [4.69, 9.17) is 14.2 Å². The van der Waals surface area contributed by atoms with Gasteiger partial charge in [0, 0.05) is 12.1 Å². The molecule has 1 aliphatic rings. The van der Waals surface area contributed by atoms with Gasteiger partial charge in [0.15, 0.2) is 27.9 Å². The number of rotatable bonds is 8. The SMILES string of the molecule is CC[C@@H](C)N(C(=O)COC(=O)c1cccc(OC)c1OC)[C@@H]1CCS(=O)(=O)C1. The number of hydrogen-bond acceptors (Lipinski definition) is 7. The molecule has 1 saturated heterocycles. The lowest BCUT2D eigenvalue weighted by atomic mass is 10.1. The molecule has 1 aromatic carbocycles. The summed E-state index contributed by atoms with van der Waals surface area (Å²) in [5.74, 6) is -0.512. The van der Waals surface area contributed by atoms with Gasteiger partial charge in [-0.1, -0.05) is 13.0 Å². The van der Waals surface area contributed by atoms with Crippen LogP contribution >= 0.6 is 0 Å². The maximum Gasteiger partial charge on any atom is 0.342 e. The van der Waals surface area contributed by atoms with Crippen LogP contribution in [-0.2, 0) is 19.4 Å². The largest absolute Gasteiger partial charge is 0.493 e. The van der Waals surface area contributed by atoms with Gasteiger partial charge in [-0.05, 0) is 31.9 Å². The Labute approximate surface area is 165 Å². The fraction of sp³-hybridized carbons (Fsp3) is 0.579. The van der Waals surface area contributed by atoms with Crippen molar-refractivity contribution >= 4 is 21.7 Å². The van der Waals surface area contributed by atoms with Crippen LogP contribution in [0.3, 0.4) is 0 Å². The summed E-state index contributed by atoms with van der Waals surface area (Å²) in [5.41, 5.74) is 0.146. The average Bonchev–Trinajstić information content (AvgIpc) is 3.04. The second-order valence-electron chi connectivity index (χ2n) is 6.73. The molecule has 28 heavy (non-hydrogen) atoms. The van der Waals surface area contributed by atoms with Crippen LogP contribution in [0.4, 0.5) is 0 Å². The predicted octanol–water partition coefficient (Wildman–Crippen LogP) is 1.67. The molecule has 2 atom stereocenters. The number of nitrogens with zero attached hydrogens (tertiary/aromatic N) is 1. The number of hydrogen-bond donors (Lipinski definition) is 0. The maximum absolute atomic E-state index is 12.8. The molecule has 1 heterocycles. The van der Waals surface area contributed by atoms with Crippen LogP contribution in [-0.4, -0.2) is 69.6 Å². The summed E-state index contributed by atoms with van der Waals surface area (Å²) >= 11 is 0. The quantitative estimate of drug-likeness (QED) is 0.598. The van der Waals surface area contributed by atoms with Gasteiger partial charge in [0.2, 0.25) is 0 Å². The summed E-state index contributed by atoms with van der Waals surface area (Å²) < 4.78 is 39.2. The minimum Gasteiger partial charge on any atom is -0.493 e. The third-order valence-electron chi connectivity index (χ3n) is 4.91. The number of para-hydroxylation sites is 1. The van der Waals surface area contributed by atoms with Crippen LogP contribution in [0.2, 0.25) is 0 Å². The standard InChI is InChI=1S/C19H27NO7S/c1-5-13(2)20(14-9-10-28(23,24)12-14)17(21)11-27-19(22)15-7-6-8-16(25-3)18(15)26-4/h6-8,13-14H,5,9-12H2,1-4H3/t13-,14-/m1/s1. The molecule has 0 unspecified atom stereocenters. The van der Waals surface area contributed by atoms with E-state index in [1.807, 2.05) is 13.8 Å². The van der Waals surface area contributed by atoms with Crippen molar-refractivity contribution in [2.45, 2.75) is 38.8 Å². The number of carbonyl (C=O) groups is 2. The summed E-state index contributed by atoms with van der Waals surface area (Å²) in [4.78, 5) is 26.8. The van der Waals surface area contributed by atoms with Gasteiger partial charge in [-0.15, -0.1) is 0 Å². The first-order valence-electron chi connectivity index (χ1n) is 9.13. The predicted molar refractivity (Wildman–Crippen MR) is 103 cm³/mol. The number of amides is 1. The summed E-state index contributed by atoms with van der Waals surface area (Å²) in [7, 11) is -0.277. The second-order valence-corrected chi connectivity index (χ2v) is 8.96. The molecule has 0 N–H and O–H groups in total. The molecule has 0 aliphatic carbocycles. The van der Waals surface area contributed by atoms with Crippen LogP contribution in [0.5, 0.6) is 11.5 Å². The highest BCUT2D eigenvalue weighted by atomic mass is 32.2. The van der Waals surface area contributed by atoms with Crippen LogP contribution in [0, 0.1) is 0 Å².